The van der Waals surface area contributed by atoms with Crippen molar-refractivity contribution in [2.24, 2.45) is 0 Å². The molecule has 0 heterocycles. The summed E-state index contributed by atoms with van der Waals surface area (Å²) >= 11 is 0. The minimum Gasteiger partial charge on any atom is -0.480 e. The third-order valence-corrected chi connectivity index (χ3v) is 3.82. The van der Waals surface area contributed by atoms with Crippen LogP contribution in [0.5, 0.6) is 0 Å². The summed E-state index contributed by atoms with van der Waals surface area (Å²) in [5.74, 6) is -2.25. The monoisotopic (exact) mass is 405 g/mol. The summed E-state index contributed by atoms with van der Waals surface area (Å²) in [6.07, 6.45) is 0.681. The van der Waals surface area contributed by atoms with Crippen molar-refractivity contribution in [2.75, 3.05) is 79.6 Å². The second-order valence-electron chi connectivity index (χ2n) is 5.97. The maximum absolute atomic E-state index is 11.5. The Morgan fingerprint density at radius 3 is 1.79 bits per heavy atom. The van der Waals surface area contributed by atoms with E-state index in [0.717, 1.165) is 0 Å². The first kappa shape index (κ1) is 25.9. The van der Waals surface area contributed by atoms with Crippen LogP contribution in [0.1, 0.15) is 0 Å². The quantitative estimate of drug-likeness (QED) is 0.106. The molecule has 162 valence electrons. The summed E-state index contributed by atoms with van der Waals surface area (Å²) < 4.78 is 0. The lowest BCUT2D eigenvalue weighted by Crippen LogP contribution is -2.45. The van der Waals surface area contributed by atoms with Crippen molar-refractivity contribution < 1.29 is 34.2 Å². The van der Waals surface area contributed by atoms with Gasteiger partial charge in [-0.1, -0.05) is 0 Å². The number of nitrogens with zero attached hydrogens (tertiary/aromatic N) is 3. The van der Waals surface area contributed by atoms with Crippen molar-refractivity contribution in [3.05, 3.63) is 0 Å². The summed E-state index contributed by atoms with van der Waals surface area (Å²) in [7, 11) is 3.09. The molecule has 0 aliphatic heterocycles. The molecule has 0 bridgehead atoms. The lowest BCUT2D eigenvalue weighted by molar-refractivity contribution is -0.140. The molecule has 0 radical (unpaired) electrons. The molecular weight excluding hydrogens is 374 g/mol. The number of nitrogens with one attached hydrogen (secondary N) is 2. The molecule has 0 aliphatic rings. The first-order valence-electron chi connectivity index (χ1n) is 8.85. The summed E-state index contributed by atoms with van der Waals surface area (Å²) in [4.78, 5) is 54.3. The number of carbonyl (C=O) groups excluding carboxylic acids is 2. The fourth-order valence-corrected chi connectivity index (χ4v) is 2.39. The van der Waals surface area contributed by atoms with Crippen LogP contribution in [0.25, 0.3) is 0 Å². The van der Waals surface area contributed by atoms with Gasteiger partial charge in [0.1, 0.15) is 6.29 Å². The topological polar surface area (TPSA) is 152 Å². The van der Waals surface area contributed by atoms with Gasteiger partial charge < -0.3 is 25.2 Å². The van der Waals surface area contributed by atoms with Gasteiger partial charge >= 0.3 is 11.9 Å². The van der Waals surface area contributed by atoms with Crippen molar-refractivity contribution in [2.45, 2.75) is 0 Å². The van der Waals surface area contributed by atoms with E-state index in [-0.39, 0.29) is 38.7 Å². The first-order valence-corrected chi connectivity index (χ1v) is 8.85. The zero-order valence-electron chi connectivity index (χ0n) is 16.4. The highest BCUT2D eigenvalue weighted by Gasteiger charge is 2.16. The van der Waals surface area contributed by atoms with E-state index < -0.39 is 11.9 Å². The molecular formula is C16H31N5O7. The number of aldehydes is 1. The molecule has 0 unspecified atom stereocenters. The fraction of sp³-hybridized carbons (Fsp3) is 0.750. The standard InChI is InChI=1S/C16H31N5O7/c1-17-14(23)11-20(7-9-22)5-3-19(12-15(24)25)4-6-21(13-16(26)27)8-10-28-18-2/h9,18H,3-8,10-13H2,1-2H3,(H,17,23)(H,24,25)(H,26,27). The van der Waals surface area contributed by atoms with E-state index in [0.29, 0.717) is 39.0 Å². The van der Waals surface area contributed by atoms with Crippen molar-refractivity contribution in [1.29, 1.82) is 0 Å². The molecule has 1 amide bonds. The Labute approximate surface area is 164 Å². The van der Waals surface area contributed by atoms with Crippen LogP contribution in [0.4, 0.5) is 0 Å². The largest absolute Gasteiger partial charge is 0.480 e. The first-order chi connectivity index (χ1) is 13.3. The van der Waals surface area contributed by atoms with Crippen molar-refractivity contribution >= 4 is 24.1 Å². The van der Waals surface area contributed by atoms with Crippen LogP contribution < -0.4 is 10.8 Å². The van der Waals surface area contributed by atoms with Crippen LogP contribution >= 0.6 is 0 Å². The average Bonchev–Trinajstić information content (AvgIpc) is 2.62. The third-order valence-electron chi connectivity index (χ3n) is 3.82. The van der Waals surface area contributed by atoms with Crippen LogP contribution in [-0.2, 0) is 24.0 Å². The number of amides is 1. The van der Waals surface area contributed by atoms with Crippen molar-refractivity contribution in [3.8, 4) is 0 Å². The molecule has 0 saturated heterocycles. The highest BCUT2D eigenvalue weighted by molar-refractivity contribution is 5.78. The van der Waals surface area contributed by atoms with Gasteiger partial charge in [-0.3, -0.25) is 29.1 Å². The normalized spacial score (nSPS) is 11.2. The van der Waals surface area contributed by atoms with E-state index >= 15 is 0 Å². The van der Waals surface area contributed by atoms with Gasteiger partial charge in [-0.25, -0.2) is 5.48 Å². The number of carboxylic acids is 2. The number of rotatable bonds is 18. The van der Waals surface area contributed by atoms with Gasteiger partial charge in [0, 0.05) is 46.8 Å². The summed E-state index contributed by atoms with van der Waals surface area (Å²) in [6, 6.07) is 0. The number of hydrogen-bond donors (Lipinski definition) is 4. The minimum absolute atomic E-state index is 0.0304. The smallest absolute Gasteiger partial charge is 0.317 e. The zero-order valence-corrected chi connectivity index (χ0v) is 16.4. The van der Waals surface area contributed by atoms with E-state index in [1.165, 1.54) is 7.05 Å². The third kappa shape index (κ3) is 14.0. The highest BCUT2D eigenvalue weighted by atomic mass is 16.6. The maximum atomic E-state index is 11.5. The Kier molecular flexibility index (Phi) is 14.7. The number of hydrogen-bond acceptors (Lipinski definition) is 9. The average molecular weight is 405 g/mol. The van der Waals surface area contributed by atoms with E-state index in [4.69, 9.17) is 15.1 Å². The lowest BCUT2D eigenvalue weighted by Gasteiger charge is -2.27. The molecule has 28 heavy (non-hydrogen) atoms. The van der Waals surface area contributed by atoms with Crippen LogP contribution in [0, 0.1) is 0 Å². The molecule has 4 N–H and O–H groups in total. The molecule has 0 aromatic rings. The predicted octanol–water partition coefficient (Wildman–Crippen LogP) is -2.84. The molecule has 0 aliphatic carbocycles. The molecule has 0 aromatic heterocycles. The van der Waals surface area contributed by atoms with Gasteiger partial charge in [0.2, 0.25) is 5.91 Å². The molecule has 0 fully saturated rings. The van der Waals surface area contributed by atoms with E-state index in [9.17, 15) is 19.2 Å². The van der Waals surface area contributed by atoms with E-state index in [2.05, 4.69) is 10.8 Å². The van der Waals surface area contributed by atoms with Gasteiger partial charge in [0.25, 0.3) is 0 Å². The van der Waals surface area contributed by atoms with Gasteiger partial charge in [-0.05, 0) is 0 Å². The number of hydroxylamine groups is 1. The number of carboxylic acid groups (broad SMARTS) is 2. The van der Waals surface area contributed by atoms with Gasteiger partial charge in [-0.2, -0.15) is 0 Å². The number of carbonyl (C=O) groups is 4. The van der Waals surface area contributed by atoms with Crippen LogP contribution in [-0.4, -0.2) is 129 Å². The Morgan fingerprint density at radius 1 is 0.857 bits per heavy atom. The van der Waals surface area contributed by atoms with Gasteiger partial charge in [0.15, 0.2) is 0 Å². The van der Waals surface area contributed by atoms with Crippen molar-refractivity contribution in [1.82, 2.24) is 25.5 Å². The molecule has 0 aromatic carbocycles. The Balaban J connectivity index is 4.74. The molecule has 0 saturated carbocycles. The van der Waals surface area contributed by atoms with Gasteiger partial charge in [-0.15, -0.1) is 0 Å². The molecule has 12 nitrogen and oxygen atoms in total. The van der Waals surface area contributed by atoms with Gasteiger partial charge in [0.05, 0.1) is 32.8 Å². The second-order valence-corrected chi connectivity index (χ2v) is 5.97. The fourth-order valence-electron chi connectivity index (χ4n) is 2.39. The molecule has 12 heteroatoms. The van der Waals surface area contributed by atoms with Crippen LogP contribution in [0.15, 0.2) is 0 Å². The zero-order chi connectivity index (χ0) is 21.4. The van der Waals surface area contributed by atoms with Crippen molar-refractivity contribution in [3.63, 3.8) is 0 Å². The summed E-state index contributed by atoms with van der Waals surface area (Å²) in [5.41, 5.74) is 2.50. The molecule has 0 spiro atoms. The molecule has 0 atom stereocenters. The lowest BCUT2D eigenvalue weighted by atomic mass is 10.3. The summed E-state index contributed by atoms with van der Waals surface area (Å²) in [5, 5.41) is 20.6. The Hall–Kier alpha value is -2.12. The number of aliphatic carboxylic acids is 2. The summed E-state index contributed by atoms with van der Waals surface area (Å²) in [6.45, 7) is 1.58. The SMILES string of the molecule is CNOCCN(CCN(CCN(CC=O)CC(=O)NC)CC(=O)O)CC(=O)O. The minimum atomic E-state index is -1.02. The molecule has 0 rings (SSSR count). The van der Waals surface area contributed by atoms with Crippen LogP contribution in [0.2, 0.25) is 0 Å². The Morgan fingerprint density at radius 2 is 1.36 bits per heavy atom. The number of likely N-dealkylation sites (N-methyl/N-ethyl adjacent to an activating group) is 1. The predicted molar refractivity (Wildman–Crippen MR) is 99.7 cm³/mol. The second kappa shape index (κ2) is 15.9. The maximum Gasteiger partial charge on any atom is 0.317 e. The van der Waals surface area contributed by atoms with E-state index in [1.807, 2.05) is 0 Å². The van der Waals surface area contributed by atoms with E-state index in [1.54, 1.807) is 21.7 Å². The Bertz CT molecular complexity index is 492. The highest BCUT2D eigenvalue weighted by Crippen LogP contribution is 1.96. The van der Waals surface area contributed by atoms with Crippen LogP contribution in [0.3, 0.4) is 0 Å².